The fourth-order valence-electron chi connectivity index (χ4n) is 1.87. The fourth-order valence-corrected chi connectivity index (χ4v) is 1.87. The van der Waals surface area contributed by atoms with Crippen LogP contribution in [0.5, 0.6) is 0 Å². The molecule has 1 amide bonds. The van der Waals surface area contributed by atoms with Crippen molar-refractivity contribution < 1.29 is 19.1 Å². The number of morpholine rings is 1. The van der Waals surface area contributed by atoms with E-state index in [0.717, 1.165) is 0 Å². The molecule has 104 valence electrons. The van der Waals surface area contributed by atoms with Gasteiger partial charge in [-0.25, -0.2) is 4.79 Å². The quantitative estimate of drug-likeness (QED) is 0.726. The van der Waals surface area contributed by atoms with Crippen molar-refractivity contribution in [2.45, 2.75) is 13.0 Å². The van der Waals surface area contributed by atoms with Gasteiger partial charge in [0.2, 0.25) is 0 Å². The molecule has 0 N–H and O–H groups in total. The van der Waals surface area contributed by atoms with E-state index in [1.807, 2.05) is 0 Å². The third-order valence-corrected chi connectivity index (χ3v) is 3.06. The summed E-state index contributed by atoms with van der Waals surface area (Å²) < 4.78 is 11.3. The van der Waals surface area contributed by atoms with Gasteiger partial charge in [-0.1, -0.05) is 0 Å². The second kappa shape index (κ2) is 5.83. The van der Waals surface area contributed by atoms with Crippen LogP contribution in [0.4, 0.5) is 0 Å². The maximum absolute atomic E-state index is 12.2. The minimum Gasteiger partial charge on any atom is -0.467 e. The molecule has 1 aliphatic heterocycles. The third-order valence-electron chi connectivity index (χ3n) is 3.06. The van der Waals surface area contributed by atoms with Crippen molar-refractivity contribution in [3.05, 3.63) is 18.0 Å². The molecule has 7 heteroatoms. The molecule has 2 rings (SSSR count). The van der Waals surface area contributed by atoms with Crippen LogP contribution in [0.2, 0.25) is 0 Å². The number of nitrogens with zero attached hydrogens (tertiary/aromatic N) is 3. The van der Waals surface area contributed by atoms with E-state index in [2.05, 4.69) is 9.84 Å². The zero-order valence-corrected chi connectivity index (χ0v) is 11.0. The molecule has 0 radical (unpaired) electrons. The van der Waals surface area contributed by atoms with Gasteiger partial charge in [0.15, 0.2) is 0 Å². The van der Waals surface area contributed by atoms with Crippen molar-refractivity contribution in [1.82, 2.24) is 14.7 Å². The highest BCUT2D eigenvalue weighted by Gasteiger charge is 2.22. The Balaban J connectivity index is 2.07. The molecule has 1 fully saturated rings. The fraction of sp³-hybridized carbons (Fsp3) is 0.583. The van der Waals surface area contributed by atoms with Crippen LogP contribution in [0.25, 0.3) is 0 Å². The normalized spacial score (nSPS) is 17.1. The lowest BCUT2D eigenvalue weighted by Crippen LogP contribution is -2.40. The van der Waals surface area contributed by atoms with Gasteiger partial charge in [-0.3, -0.25) is 9.48 Å². The predicted molar refractivity (Wildman–Crippen MR) is 65.7 cm³/mol. The van der Waals surface area contributed by atoms with E-state index in [1.54, 1.807) is 24.1 Å². The largest absolute Gasteiger partial charge is 0.467 e. The van der Waals surface area contributed by atoms with Crippen LogP contribution in [0.15, 0.2) is 12.3 Å². The molecule has 0 saturated carbocycles. The van der Waals surface area contributed by atoms with Gasteiger partial charge in [-0.2, -0.15) is 5.10 Å². The Morgan fingerprint density at radius 2 is 2.11 bits per heavy atom. The lowest BCUT2D eigenvalue weighted by molar-refractivity contribution is -0.144. The van der Waals surface area contributed by atoms with Gasteiger partial charge in [0.25, 0.3) is 5.91 Å². The second-order valence-electron chi connectivity index (χ2n) is 4.28. The van der Waals surface area contributed by atoms with E-state index in [9.17, 15) is 9.59 Å². The average molecular weight is 267 g/mol. The van der Waals surface area contributed by atoms with E-state index in [-0.39, 0.29) is 5.91 Å². The summed E-state index contributed by atoms with van der Waals surface area (Å²) in [5.74, 6) is -0.535. The number of methoxy groups -OCH3 is 1. The Kier molecular flexibility index (Phi) is 4.16. The number of hydrogen-bond donors (Lipinski definition) is 0. The van der Waals surface area contributed by atoms with Gasteiger partial charge in [-0.15, -0.1) is 0 Å². The number of aromatic nitrogens is 2. The van der Waals surface area contributed by atoms with Gasteiger partial charge < -0.3 is 14.4 Å². The topological polar surface area (TPSA) is 73.7 Å². The highest BCUT2D eigenvalue weighted by Crippen LogP contribution is 2.10. The molecular weight excluding hydrogens is 250 g/mol. The van der Waals surface area contributed by atoms with Gasteiger partial charge in [0.05, 0.1) is 20.3 Å². The summed E-state index contributed by atoms with van der Waals surface area (Å²) in [5, 5.41) is 4.14. The number of hydrogen-bond acceptors (Lipinski definition) is 5. The van der Waals surface area contributed by atoms with Gasteiger partial charge in [-0.05, 0) is 13.0 Å². The molecule has 0 aliphatic carbocycles. The number of carbonyl (C=O) groups is 2. The standard InChI is InChI=1S/C12H17N3O4/c1-9(12(17)18-2)15-4-3-10(13-15)11(16)14-5-7-19-8-6-14/h3-4,9H,5-8H2,1-2H3. The molecule has 19 heavy (non-hydrogen) atoms. The molecule has 1 atom stereocenters. The molecule has 7 nitrogen and oxygen atoms in total. The van der Waals surface area contributed by atoms with Gasteiger partial charge >= 0.3 is 5.97 Å². The maximum Gasteiger partial charge on any atom is 0.330 e. The molecule has 0 aromatic carbocycles. The van der Waals surface area contributed by atoms with Crippen LogP contribution in [-0.2, 0) is 14.3 Å². The Labute approximate surface area is 111 Å². The average Bonchev–Trinajstić information content (AvgIpc) is 2.95. The van der Waals surface area contributed by atoms with Crippen molar-refractivity contribution in [1.29, 1.82) is 0 Å². The van der Waals surface area contributed by atoms with E-state index < -0.39 is 12.0 Å². The SMILES string of the molecule is COC(=O)C(C)n1ccc(C(=O)N2CCOCC2)n1. The first-order valence-electron chi connectivity index (χ1n) is 6.13. The Morgan fingerprint density at radius 1 is 1.42 bits per heavy atom. The van der Waals surface area contributed by atoms with Crippen molar-refractivity contribution in [3.63, 3.8) is 0 Å². The van der Waals surface area contributed by atoms with Gasteiger partial charge in [0, 0.05) is 19.3 Å². The van der Waals surface area contributed by atoms with E-state index in [4.69, 9.17) is 4.74 Å². The van der Waals surface area contributed by atoms with Crippen molar-refractivity contribution >= 4 is 11.9 Å². The van der Waals surface area contributed by atoms with Crippen LogP contribution in [0.3, 0.4) is 0 Å². The highest BCUT2D eigenvalue weighted by atomic mass is 16.5. The van der Waals surface area contributed by atoms with Crippen LogP contribution in [0, 0.1) is 0 Å². The molecule has 2 heterocycles. The van der Waals surface area contributed by atoms with Crippen LogP contribution < -0.4 is 0 Å². The van der Waals surface area contributed by atoms with Gasteiger partial charge in [0.1, 0.15) is 11.7 Å². The van der Waals surface area contributed by atoms with Crippen LogP contribution in [-0.4, -0.2) is 60.0 Å². The Hall–Kier alpha value is -1.89. The molecule has 0 bridgehead atoms. The van der Waals surface area contributed by atoms with Crippen molar-refractivity contribution in [3.8, 4) is 0 Å². The first kappa shape index (κ1) is 13.5. The number of amides is 1. The lowest BCUT2D eigenvalue weighted by Gasteiger charge is -2.25. The van der Waals surface area contributed by atoms with E-state index in [1.165, 1.54) is 11.8 Å². The number of ether oxygens (including phenoxy) is 2. The smallest absolute Gasteiger partial charge is 0.330 e. The van der Waals surface area contributed by atoms with Crippen LogP contribution >= 0.6 is 0 Å². The zero-order chi connectivity index (χ0) is 13.8. The third kappa shape index (κ3) is 2.93. The summed E-state index contributed by atoms with van der Waals surface area (Å²) in [6, 6.07) is 1.06. The lowest BCUT2D eigenvalue weighted by atomic mass is 10.3. The molecular formula is C12H17N3O4. The Morgan fingerprint density at radius 3 is 2.74 bits per heavy atom. The molecule has 1 aromatic heterocycles. The number of rotatable bonds is 3. The molecule has 1 unspecified atom stereocenters. The molecule has 1 saturated heterocycles. The summed E-state index contributed by atoms with van der Waals surface area (Å²) in [7, 11) is 1.32. The molecule has 1 aromatic rings. The monoisotopic (exact) mass is 267 g/mol. The minimum atomic E-state index is -0.545. The van der Waals surface area contributed by atoms with E-state index in [0.29, 0.717) is 32.0 Å². The second-order valence-corrected chi connectivity index (χ2v) is 4.28. The number of carbonyl (C=O) groups excluding carboxylic acids is 2. The van der Waals surface area contributed by atoms with E-state index >= 15 is 0 Å². The van der Waals surface area contributed by atoms with Crippen LogP contribution in [0.1, 0.15) is 23.5 Å². The number of esters is 1. The Bertz CT molecular complexity index is 465. The first-order chi connectivity index (χ1) is 9.13. The highest BCUT2D eigenvalue weighted by molar-refractivity contribution is 5.92. The summed E-state index contributed by atoms with van der Waals surface area (Å²) in [5.41, 5.74) is 0.331. The molecule has 1 aliphatic rings. The summed E-state index contributed by atoms with van der Waals surface area (Å²) in [6.45, 7) is 3.90. The summed E-state index contributed by atoms with van der Waals surface area (Å²) >= 11 is 0. The van der Waals surface area contributed by atoms with Crippen molar-refractivity contribution in [2.75, 3.05) is 33.4 Å². The maximum atomic E-state index is 12.2. The minimum absolute atomic E-state index is 0.140. The zero-order valence-electron chi connectivity index (χ0n) is 11.0. The predicted octanol–water partition coefficient (Wildman–Crippen LogP) is 0.0895. The molecule has 0 spiro atoms. The summed E-state index contributed by atoms with van der Waals surface area (Å²) in [4.78, 5) is 25.2. The summed E-state index contributed by atoms with van der Waals surface area (Å²) in [6.07, 6.45) is 1.61. The first-order valence-corrected chi connectivity index (χ1v) is 6.13. The van der Waals surface area contributed by atoms with Crippen molar-refractivity contribution in [2.24, 2.45) is 0 Å².